The molecule has 1 nitrogen and oxygen atoms in total. The normalized spacial score (nSPS) is 10.5. The van der Waals surface area contributed by atoms with Crippen molar-refractivity contribution in [3.8, 4) is 22.3 Å². The fraction of sp³-hybridized carbons (Fsp3) is 0. The van der Waals surface area contributed by atoms with Gasteiger partial charge in [0.05, 0.1) is 0 Å². The summed E-state index contributed by atoms with van der Waals surface area (Å²) in [5, 5.41) is 10.9. The van der Waals surface area contributed by atoms with E-state index in [1.807, 2.05) is 66.7 Å². The first-order valence-electron chi connectivity index (χ1n) is 8.80. The van der Waals surface area contributed by atoms with Gasteiger partial charge in [0, 0.05) is 0 Å². The molecule has 2 heteroatoms. The Hall–Kier alpha value is -3.10. The highest BCUT2D eigenvalue weighted by molar-refractivity contribution is 6.79. The SMILES string of the molecule is OB(c1ccccc1)c1cc(-c2ccccc2)cc(-c2ccccc2)c1. The third-order valence-electron chi connectivity index (χ3n) is 4.60. The highest BCUT2D eigenvalue weighted by atomic mass is 16.2. The summed E-state index contributed by atoms with van der Waals surface area (Å²) in [7, 11) is 0. The van der Waals surface area contributed by atoms with E-state index in [4.69, 9.17) is 0 Å². The molecule has 0 aliphatic rings. The van der Waals surface area contributed by atoms with Crippen molar-refractivity contribution in [3.05, 3.63) is 109 Å². The molecule has 4 rings (SSSR count). The van der Waals surface area contributed by atoms with Crippen LogP contribution in [0, 0.1) is 0 Å². The minimum atomic E-state index is -0.651. The maximum Gasteiger partial charge on any atom is 0.358 e. The molecule has 0 amide bonds. The predicted molar refractivity (Wildman–Crippen MR) is 111 cm³/mol. The minimum Gasteiger partial charge on any atom is -0.443 e. The van der Waals surface area contributed by atoms with Crippen LogP contribution >= 0.6 is 0 Å². The van der Waals surface area contributed by atoms with E-state index in [0.717, 1.165) is 33.2 Å². The van der Waals surface area contributed by atoms with Gasteiger partial charge in [-0.2, -0.15) is 0 Å². The summed E-state index contributed by atoms with van der Waals surface area (Å²) < 4.78 is 0. The zero-order valence-corrected chi connectivity index (χ0v) is 14.4. The molecule has 0 atom stereocenters. The van der Waals surface area contributed by atoms with Crippen molar-refractivity contribution in [3.63, 3.8) is 0 Å². The Bertz CT molecular complexity index is 925. The highest BCUT2D eigenvalue weighted by Crippen LogP contribution is 2.25. The fourth-order valence-corrected chi connectivity index (χ4v) is 3.23. The maximum atomic E-state index is 10.9. The van der Waals surface area contributed by atoms with Gasteiger partial charge in [0.15, 0.2) is 0 Å². The van der Waals surface area contributed by atoms with E-state index in [1.54, 1.807) is 0 Å². The van der Waals surface area contributed by atoms with Crippen LogP contribution in [-0.4, -0.2) is 11.9 Å². The standard InChI is InChI=1S/C24H19BO/c26-25(23-14-8-3-9-15-23)24-17-21(19-10-4-1-5-11-19)16-22(18-24)20-12-6-2-7-13-20/h1-18,26H. The summed E-state index contributed by atoms with van der Waals surface area (Å²) in [4.78, 5) is 0. The molecule has 0 aromatic heterocycles. The van der Waals surface area contributed by atoms with Crippen LogP contribution in [0.2, 0.25) is 0 Å². The highest BCUT2D eigenvalue weighted by Gasteiger charge is 2.18. The molecule has 0 fully saturated rings. The number of rotatable bonds is 4. The first-order valence-corrected chi connectivity index (χ1v) is 8.80. The Balaban J connectivity index is 1.86. The molecule has 0 bridgehead atoms. The molecule has 4 aromatic rings. The van der Waals surface area contributed by atoms with Crippen molar-refractivity contribution in [2.24, 2.45) is 0 Å². The van der Waals surface area contributed by atoms with Crippen LogP contribution in [-0.2, 0) is 0 Å². The lowest BCUT2D eigenvalue weighted by atomic mass is 9.55. The van der Waals surface area contributed by atoms with Gasteiger partial charge in [-0.1, -0.05) is 103 Å². The molecule has 26 heavy (non-hydrogen) atoms. The smallest absolute Gasteiger partial charge is 0.358 e. The van der Waals surface area contributed by atoms with E-state index < -0.39 is 6.92 Å². The van der Waals surface area contributed by atoms with E-state index >= 15 is 0 Å². The summed E-state index contributed by atoms with van der Waals surface area (Å²) >= 11 is 0. The van der Waals surface area contributed by atoms with Gasteiger partial charge in [0.1, 0.15) is 0 Å². The number of hydrogen-bond donors (Lipinski definition) is 1. The van der Waals surface area contributed by atoms with Crippen LogP contribution in [0.5, 0.6) is 0 Å². The largest absolute Gasteiger partial charge is 0.443 e. The van der Waals surface area contributed by atoms with Crippen molar-refractivity contribution < 1.29 is 5.02 Å². The summed E-state index contributed by atoms with van der Waals surface area (Å²) in [5.74, 6) is 0. The van der Waals surface area contributed by atoms with Crippen molar-refractivity contribution >= 4 is 17.8 Å². The lowest BCUT2D eigenvalue weighted by Gasteiger charge is -2.13. The molecule has 0 saturated carbocycles. The van der Waals surface area contributed by atoms with Gasteiger partial charge in [-0.15, -0.1) is 0 Å². The van der Waals surface area contributed by atoms with E-state index in [-0.39, 0.29) is 0 Å². The van der Waals surface area contributed by atoms with Gasteiger partial charge in [0.2, 0.25) is 0 Å². The lowest BCUT2D eigenvalue weighted by Crippen LogP contribution is -2.42. The van der Waals surface area contributed by atoms with E-state index in [0.29, 0.717) is 0 Å². The summed E-state index contributed by atoms with van der Waals surface area (Å²) in [5.41, 5.74) is 6.31. The average molecular weight is 334 g/mol. The Kier molecular flexibility index (Phi) is 4.68. The zero-order chi connectivity index (χ0) is 17.8. The molecular formula is C24H19BO. The second-order valence-corrected chi connectivity index (χ2v) is 6.39. The molecule has 0 aliphatic heterocycles. The van der Waals surface area contributed by atoms with Crippen LogP contribution in [0.1, 0.15) is 0 Å². The van der Waals surface area contributed by atoms with E-state index in [9.17, 15) is 5.02 Å². The van der Waals surface area contributed by atoms with Crippen molar-refractivity contribution in [2.45, 2.75) is 0 Å². The van der Waals surface area contributed by atoms with Crippen LogP contribution in [0.4, 0.5) is 0 Å². The van der Waals surface area contributed by atoms with Crippen molar-refractivity contribution in [1.29, 1.82) is 0 Å². The Morgan fingerprint density at radius 1 is 0.423 bits per heavy atom. The average Bonchev–Trinajstić information content (AvgIpc) is 2.75. The third kappa shape index (κ3) is 3.46. The predicted octanol–water partition coefficient (Wildman–Crippen LogP) is 4.12. The molecular weight excluding hydrogens is 315 g/mol. The van der Waals surface area contributed by atoms with E-state index in [1.165, 1.54) is 0 Å². The Labute approximate surface area is 154 Å². The molecule has 0 radical (unpaired) electrons. The molecule has 1 N–H and O–H groups in total. The van der Waals surface area contributed by atoms with Crippen LogP contribution in [0.15, 0.2) is 109 Å². The van der Waals surface area contributed by atoms with Crippen LogP contribution < -0.4 is 10.9 Å². The molecule has 0 aliphatic carbocycles. The second kappa shape index (κ2) is 7.43. The second-order valence-electron chi connectivity index (χ2n) is 6.39. The minimum absolute atomic E-state index is 0.651. The first kappa shape index (κ1) is 16.4. The van der Waals surface area contributed by atoms with Crippen LogP contribution in [0.3, 0.4) is 0 Å². The quantitative estimate of drug-likeness (QED) is 0.557. The Morgan fingerprint density at radius 3 is 1.31 bits per heavy atom. The summed E-state index contributed by atoms with van der Waals surface area (Å²) in [6.45, 7) is -0.651. The van der Waals surface area contributed by atoms with Crippen molar-refractivity contribution in [2.75, 3.05) is 0 Å². The van der Waals surface area contributed by atoms with E-state index in [2.05, 4.69) is 42.5 Å². The third-order valence-corrected chi connectivity index (χ3v) is 4.60. The first-order chi connectivity index (χ1) is 12.8. The van der Waals surface area contributed by atoms with Crippen LogP contribution in [0.25, 0.3) is 22.3 Å². The van der Waals surface area contributed by atoms with Gasteiger partial charge < -0.3 is 5.02 Å². The molecule has 4 aromatic carbocycles. The molecule has 0 heterocycles. The fourth-order valence-electron chi connectivity index (χ4n) is 3.23. The van der Waals surface area contributed by atoms with Crippen molar-refractivity contribution in [1.82, 2.24) is 0 Å². The number of benzene rings is 4. The maximum absolute atomic E-state index is 10.9. The molecule has 124 valence electrons. The number of hydrogen-bond acceptors (Lipinski definition) is 1. The van der Waals surface area contributed by atoms with Gasteiger partial charge in [-0.3, -0.25) is 0 Å². The molecule has 0 spiro atoms. The lowest BCUT2D eigenvalue weighted by molar-refractivity contribution is 0.600. The van der Waals surface area contributed by atoms with Gasteiger partial charge in [-0.25, -0.2) is 0 Å². The summed E-state index contributed by atoms with van der Waals surface area (Å²) in [6.07, 6.45) is 0. The Morgan fingerprint density at radius 2 is 0.846 bits per heavy atom. The topological polar surface area (TPSA) is 20.2 Å². The van der Waals surface area contributed by atoms with Gasteiger partial charge >= 0.3 is 6.92 Å². The molecule has 0 saturated heterocycles. The zero-order valence-electron chi connectivity index (χ0n) is 14.4. The van der Waals surface area contributed by atoms with Gasteiger partial charge in [0.25, 0.3) is 0 Å². The summed E-state index contributed by atoms with van der Waals surface area (Å²) in [6, 6.07) is 36.7. The van der Waals surface area contributed by atoms with Gasteiger partial charge in [-0.05, 0) is 39.2 Å². The monoisotopic (exact) mass is 334 g/mol. The molecule has 0 unspecified atom stereocenters.